The summed E-state index contributed by atoms with van der Waals surface area (Å²) >= 11 is 3.39. The minimum Gasteiger partial charge on any atom is -0.319 e. The fourth-order valence-corrected chi connectivity index (χ4v) is 3.43. The first-order valence-electron chi connectivity index (χ1n) is 9.22. The van der Waals surface area contributed by atoms with E-state index in [1.54, 1.807) is 18.5 Å². The van der Waals surface area contributed by atoms with Crippen molar-refractivity contribution in [2.75, 3.05) is 5.32 Å². The van der Waals surface area contributed by atoms with Gasteiger partial charge >= 0.3 is 0 Å². The van der Waals surface area contributed by atoms with Gasteiger partial charge in [-0.05, 0) is 51.7 Å². The minimum atomic E-state index is -0.163. The van der Waals surface area contributed by atoms with Crippen LogP contribution in [0.3, 0.4) is 0 Å². The fourth-order valence-electron chi connectivity index (χ4n) is 3.10. The van der Waals surface area contributed by atoms with Crippen molar-refractivity contribution >= 4 is 27.5 Å². The predicted molar refractivity (Wildman–Crippen MR) is 116 cm³/mol. The molecule has 2 aromatic carbocycles. The number of hydrogen-bond acceptors (Lipinski definition) is 3. The lowest BCUT2D eigenvalue weighted by Gasteiger charge is -2.07. The van der Waals surface area contributed by atoms with E-state index in [1.165, 1.54) is 11.1 Å². The Bertz CT molecular complexity index is 1150. The van der Waals surface area contributed by atoms with Gasteiger partial charge in [0.1, 0.15) is 0 Å². The van der Waals surface area contributed by atoms with E-state index in [2.05, 4.69) is 50.5 Å². The van der Waals surface area contributed by atoms with Gasteiger partial charge in [0, 0.05) is 18.0 Å². The van der Waals surface area contributed by atoms with Gasteiger partial charge in [-0.25, -0.2) is 0 Å². The summed E-state index contributed by atoms with van der Waals surface area (Å²) in [5, 5.41) is 11.5. The van der Waals surface area contributed by atoms with Crippen molar-refractivity contribution in [2.24, 2.45) is 0 Å². The van der Waals surface area contributed by atoms with Gasteiger partial charge in [0.05, 0.1) is 35.6 Å². The lowest BCUT2D eigenvalue weighted by Crippen LogP contribution is -2.12. The lowest BCUT2D eigenvalue weighted by atomic mass is 10.1. The van der Waals surface area contributed by atoms with Gasteiger partial charge in [-0.3, -0.25) is 14.2 Å². The van der Waals surface area contributed by atoms with Gasteiger partial charge < -0.3 is 5.32 Å². The molecule has 0 spiro atoms. The number of anilines is 1. The number of aromatic nitrogens is 4. The van der Waals surface area contributed by atoms with Crippen LogP contribution in [-0.4, -0.2) is 25.5 Å². The molecule has 0 saturated heterocycles. The number of carbonyl (C=O) groups excluding carboxylic acids is 1. The molecule has 0 atom stereocenters. The molecule has 0 radical (unpaired) electrons. The number of aryl methyl sites for hydroxylation is 1. The van der Waals surface area contributed by atoms with Gasteiger partial charge in [0.25, 0.3) is 5.91 Å². The Balaban J connectivity index is 1.42. The summed E-state index contributed by atoms with van der Waals surface area (Å²) in [6.07, 6.45) is 7.15. The Kier molecular flexibility index (Phi) is 5.57. The Morgan fingerprint density at radius 1 is 1.00 bits per heavy atom. The zero-order chi connectivity index (χ0) is 20.2. The zero-order valence-electron chi connectivity index (χ0n) is 15.9. The quantitative estimate of drug-likeness (QED) is 0.471. The second kappa shape index (κ2) is 8.45. The molecular weight excluding hydrogens is 430 g/mol. The summed E-state index contributed by atoms with van der Waals surface area (Å²) in [4.78, 5) is 12.7. The average molecular weight is 450 g/mol. The van der Waals surface area contributed by atoms with Crippen LogP contribution in [-0.2, 0) is 13.1 Å². The van der Waals surface area contributed by atoms with Gasteiger partial charge in [0.2, 0.25) is 0 Å². The van der Waals surface area contributed by atoms with Gasteiger partial charge in [0.15, 0.2) is 0 Å². The number of amides is 1. The van der Waals surface area contributed by atoms with E-state index in [-0.39, 0.29) is 5.91 Å². The summed E-state index contributed by atoms with van der Waals surface area (Å²) in [5.41, 5.74) is 4.69. The number of carbonyl (C=O) groups is 1. The second-order valence-electron chi connectivity index (χ2n) is 6.86. The molecule has 0 saturated carbocycles. The molecular formula is C22H20BrN5O. The van der Waals surface area contributed by atoms with E-state index in [9.17, 15) is 4.79 Å². The van der Waals surface area contributed by atoms with Crippen molar-refractivity contribution in [3.63, 3.8) is 0 Å². The Labute approximate surface area is 177 Å². The van der Waals surface area contributed by atoms with E-state index in [4.69, 9.17) is 0 Å². The third-order valence-corrected chi connectivity index (χ3v) is 5.03. The van der Waals surface area contributed by atoms with Crippen LogP contribution in [0.15, 0.2) is 77.8 Å². The standard InChI is InChI=1S/C22H20BrN5O/c1-16-5-2-3-7-19(16)13-28-15-21(11-25-28)26-22(29)18-8-4-6-17(9-18)12-27-14-20(23)10-24-27/h2-11,14-15H,12-13H2,1H3,(H,26,29). The Morgan fingerprint density at radius 2 is 1.79 bits per heavy atom. The summed E-state index contributed by atoms with van der Waals surface area (Å²) in [5.74, 6) is -0.163. The number of halogens is 1. The van der Waals surface area contributed by atoms with Crippen LogP contribution in [0.5, 0.6) is 0 Å². The van der Waals surface area contributed by atoms with Crippen LogP contribution in [0, 0.1) is 6.92 Å². The van der Waals surface area contributed by atoms with Crippen LogP contribution in [0.25, 0.3) is 0 Å². The molecule has 0 bridgehead atoms. The van der Waals surface area contributed by atoms with Crippen molar-refractivity contribution in [1.29, 1.82) is 0 Å². The number of hydrogen-bond donors (Lipinski definition) is 1. The number of rotatable bonds is 6. The van der Waals surface area contributed by atoms with E-state index in [0.29, 0.717) is 24.3 Å². The van der Waals surface area contributed by atoms with Crippen molar-refractivity contribution in [3.8, 4) is 0 Å². The first-order chi connectivity index (χ1) is 14.1. The fraction of sp³-hybridized carbons (Fsp3) is 0.136. The predicted octanol–water partition coefficient (Wildman–Crippen LogP) is 4.50. The topological polar surface area (TPSA) is 64.7 Å². The highest BCUT2D eigenvalue weighted by Gasteiger charge is 2.09. The maximum atomic E-state index is 12.7. The highest BCUT2D eigenvalue weighted by molar-refractivity contribution is 9.10. The molecule has 0 aliphatic heterocycles. The van der Waals surface area contributed by atoms with Gasteiger partial charge in [-0.1, -0.05) is 36.4 Å². The summed E-state index contributed by atoms with van der Waals surface area (Å²) in [6.45, 7) is 3.34. The first kappa shape index (κ1) is 19.1. The van der Waals surface area contributed by atoms with Gasteiger partial charge in [-0.2, -0.15) is 10.2 Å². The molecule has 2 heterocycles. The number of benzene rings is 2. The zero-order valence-corrected chi connectivity index (χ0v) is 17.5. The summed E-state index contributed by atoms with van der Waals surface area (Å²) < 4.78 is 4.56. The van der Waals surface area contributed by atoms with Crippen LogP contribution < -0.4 is 5.32 Å². The first-order valence-corrected chi connectivity index (χ1v) is 10.0. The van der Waals surface area contributed by atoms with Crippen molar-refractivity contribution < 1.29 is 4.79 Å². The van der Waals surface area contributed by atoms with Crippen LogP contribution in [0.2, 0.25) is 0 Å². The second-order valence-corrected chi connectivity index (χ2v) is 7.78. The smallest absolute Gasteiger partial charge is 0.255 e. The Morgan fingerprint density at radius 3 is 2.59 bits per heavy atom. The van der Waals surface area contributed by atoms with Crippen LogP contribution >= 0.6 is 15.9 Å². The molecule has 0 unspecified atom stereocenters. The molecule has 0 aliphatic rings. The van der Waals surface area contributed by atoms with E-state index in [1.807, 2.05) is 52.1 Å². The highest BCUT2D eigenvalue weighted by atomic mass is 79.9. The molecule has 4 aromatic rings. The van der Waals surface area contributed by atoms with Crippen molar-refractivity contribution in [2.45, 2.75) is 20.0 Å². The van der Waals surface area contributed by atoms with Crippen LogP contribution in [0.1, 0.15) is 27.0 Å². The monoisotopic (exact) mass is 449 g/mol. The molecule has 0 aliphatic carbocycles. The normalized spacial score (nSPS) is 10.8. The molecule has 146 valence electrons. The van der Waals surface area contributed by atoms with E-state index in [0.717, 1.165) is 10.0 Å². The third kappa shape index (κ3) is 4.81. The maximum absolute atomic E-state index is 12.7. The molecule has 1 N–H and O–H groups in total. The molecule has 29 heavy (non-hydrogen) atoms. The SMILES string of the molecule is Cc1ccccc1Cn1cc(NC(=O)c2cccc(Cn3cc(Br)cn3)c2)cn1. The van der Waals surface area contributed by atoms with Crippen molar-refractivity contribution in [1.82, 2.24) is 19.6 Å². The summed E-state index contributed by atoms with van der Waals surface area (Å²) in [6, 6.07) is 15.7. The molecule has 0 fully saturated rings. The average Bonchev–Trinajstić information content (AvgIpc) is 3.32. The molecule has 2 aromatic heterocycles. The lowest BCUT2D eigenvalue weighted by molar-refractivity contribution is 0.102. The van der Waals surface area contributed by atoms with Crippen molar-refractivity contribution in [3.05, 3.63) is 100 Å². The van der Waals surface area contributed by atoms with E-state index < -0.39 is 0 Å². The van der Waals surface area contributed by atoms with Gasteiger partial charge in [-0.15, -0.1) is 0 Å². The largest absolute Gasteiger partial charge is 0.319 e. The molecule has 4 rings (SSSR count). The minimum absolute atomic E-state index is 0.163. The molecule has 6 nitrogen and oxygen atoms in total. The maximum Gasteiger partial charge on any atom is 0.255 e. The third-order valence-electron chi connectivity index (χ3n) is 4.62. The summed E-state index contributed by atoms with van der Waals surface area (Å²) in [7, 11) is 0. The Hall–Kier alpha value is -3.19. The molecule has 7 heteroatoms. The number of nitrogens with one attached hydrogen (secondary N) is 1. The molecule has 1 amide bonds. The van der Waals surface area contributed by atoms with E-state index >= 15 is 0 Å². The highest BCUT2D eigenvalue weighted by Crippen LogP contribution is 2.14. The number of nitrogens with zero attached hydrogens (tertiary/aromatic N) is 4. The van der Waals surface area contributed by atoms with Crippen LogP contribution in [0.4, 0.5) is 5.69 Å².